The molecule has 0 aliphatic heterocycles. The first-order valence-electron chi connectivity index (χ1n) is 53.6. The Morgan fingerprint density at radius 1 is 0.268 bits per heavy atom. The lowest BCUT2D eigenvalue weighted by Crippen LogP contribution is -2.39. The van der Waals surface area contributed by atoms with E-state index in [1.165, 1.54) is 78.2 Å². The second-order valence-corrected chi connectivity index (χ2v) is 62.9. The van der Waals surface area contributed by atoms with Crippen molar-refractivity contribution in [2.45, 2.75) is 270 Å². The van der Waals surface area contributed by atoms with E-state index in [0.717, 1.165) is 83.7 Å². The van der Waals surface area contributed by atoms with Gasteiger partial charge in [0.15, 0.2) is 18.6 Å². The molecule has 650 valence electrons. The molecular weight excluding hydrogens is 1550 g/mol. The first-order chi connectivity index (χ1) is 64.6. The van der Waals surface area contributed by atoms with Gasteiger partial charge in [0.2, 0.25) is 17.1 Å². The van der Waals surface area contributed by atoms with Gasteiger partial charge in [-0.1, -0.05) is 326 Å². The van der Waals surface area contributed by atoms with E-state index in [1.54, 1.807) is 50.7 Å². The lowest BCUT2D eigenvalue weighted by atomic mass is 9.81. The molecular formula is C115H157N4Si4+3. The molecule has 12 aromatic rings. The molecule has 0 N–H and O–H groups in total. The predicted octanol–water partition coefficient (Wildman–Crippen LogP) is 28.2. The minimum absolute atomic E-state index is 0.0213. The zero-order valence-electron chi connectivity index (χ0n) is 101. The van der Waals surface area contributed by atoms with Crippen LogP contribution in [-0.4, -0.2) is 37.3 Å². The van der Waals surface area contributed by atoms with Gasteiger partial charge in [0, 0.05) is 90.8 Å². The highest BCUT2D eigenvalue weighted by atomic mass is 28.3. The molecule has 0 saturated heterocycles. The van der Waals surface area contributed by atoms with E-state index in [0.29, 0.717) is 22.5 Å². The number of hydrogen-bond donors (Lipinski definition) is 0. The number of nitrogens with zero attached hydrogens (tertiary/aromatic N) is 4. The molecule has 0 amide bonds. The Balaban J connectivity index is 0.000000213. The highest BCUT2D eigenvalue weighted by Gasteiger charge is 2.32. The van der Waals surface area contributed by atoms with Crippen molar-refractivity contribution >= 4 is 53.0 Å². The smallest absolute Gasteiger partial charge is 0.212 e. The fraction of sp³-hybridized carbons (Fsp3) is 0.409. The molecule has 0 aliphatic rings. The SMILES string of the molecule is [2H]C([2H])([2H])c1c[n+](C)c(-c2cc(-c3ccc(C)cc3)c([Si](C)(C)C)cc2C)cc1C([2H])([2H])C(C)(C)C.[2H]C([2H])([2H])c1cc(-c2cc(-c3ccc(C)cc3)c([Si](C)(C)C)cc2C)[n+](C)cc1C([2H])([2H])[2H].[2H]C([2H])([2H])c1cc(-c2cc(-c3ccc(C)cc3)c([Si](C)(C)C)cc2C)ncc1C([2H])([2H])C(C)(C)C.[2H]C([2H])(c1cc(-c2cc(-c3ccc(C)cc3)c([Si](C)(C)C)cc2C)[n+](C)cc1C([2H])([2H])C(C)(C)C)C(C)(C)C. The zero-order valence-corrected chi connectivity index (χ0v) is 85.3. The molecule has 0 bridgehead atoms. The highest BCUT2D eigenvalue weighted by Crippen LogP contribution is 2.39. The van der Waals surface area contributed by atoms with Crippen molar-refractivity contribution in [3.05, 3.63) is 284 Å². The average Bonchev–Trinajstić information content (AvgIpc) is 0.734. The Labute approximate surface area is 780 Å². The monoisotopic (exact) mass is 1730 g/mol. The molecule has 0 radical (unpaired) electrons. The van der Waals surface area contributed by atoms with E-state index in [2.05, 4.69) is 271 Å². The van der Waals surface area contributed by atoms with E-state index in [4.69, 9.17) is 24.7 Å². The van der Waals surface area contributed by atoms with Crippen LogP contribution in [-0.2, 0) is 46.6 Å². The van der Waals surface area contributed by atoms with E-state index in [1.807, 2.05) is 112 Å². The van der Waals surface area contributed by atoms with Gasteiger partial charge in [0.05, 0.1) is 38.0 Å². The van der Waals surface area contributed by atoms with E-state index >= 15 is 0 Å². The molecule has 0 fully saturated rings. The summed E-state index contributed by atoms with van der Waals surface area (Å²) in [5.74, 6) is 0. The average molecular weight is 1730 g/mol. The Morgan fingerprint density at radius 2 is 0.537 bits per heavy atom. The van der Waals surface area contributed by atoms with E-state index in [9.17, 15) is 2.74 Å². The van der Waals surface area contributed by atoms with Crippen molar-refractivity contribution in [2.24, 2.45) is 42.8 Å². The maximum Gasteiger partial charge on any atom is 0.212 e. The molecule has 4 aromatic heterocycles. The summed E-state index contributed by atoms with van der Waals surface area (Å²) in [5, 5.41) is 5.46. The minimum atomic E-state index is -2.53. The Kier molecular flexibility index (Phi) is 22.5. The second kappa shape index (κ2) is 38.2. The Bertz CT molecular complexity index is 6670. The molecule has 8 aromatic carbocycles. The first-order valence-corrected chi connectivity index (χ1v) is 57.6. The van der Waals surface area contributed by atoms with Crippen LogP contribution in [0.5, 0.6) is 0 Å². The number of aromatic nitrogens is 4. The molecule has 0 aliphatic carbocycles. The third-order valence-electron chi connectivity index (χ3n) is 22.0. The van der Waals surface area contributed by atoms with Gasteiger partial charge in [-0.15, -0.1) is 0 Å². The quantitative estimate of drug-likeness (QED) is 0.0699. The van der Waals surface area contributed by atoms with E-state index < -0.39 is 107 Å². The van der Waals surface area contributed by atoms with Crippen molar-refractivity contribution in [2.75, 3.05) is 0 Å². The lowest BCUT2D eigenvalue weighted by Gasteiger charge is -2.25. The van der Waals surface area contributed by atoms with Crippen LogP contribution in [0.25, 0.3) is 89.5 Å². The summed E-state index contributed by atoms with van der Waals surface area (Å²) in [7, 11) is -1.17. The van der Waals surface area contributed by atoms with Crippen LogP contribution in [0.2, 0.25) is 78.6 Å². The summed E-state index contributed by atoms with van der Waals surface area (Å²) >= 11 is 0. The second-order valence-electron chi connectivity index (χ2n) is 42.7. The summed E-state index contributed by atoms with van der Waals surface area (Å²) in [6.45, 7) is 56.9. The van der Waals surface area contributed by atoms with Crippen LogP contribution < -0.4 is 34.4 Å². The van der Waals surface area contributed by atoms with Gasteiger partial charge >= 0.3 is 0 Å². The summed E-state index contributed by atoms with van der Waals surface area (Å²) in [6.07, 6.45) is -0.884. The number of hydrogen-bond acceptors (Lipinski definition) is 1. The summed E-state index contributed by atoms with van der Waals surface area (Å²) in [6, 6.07) is 58.8. The summed E-state index contributed by atoms with van der Waals surface area (Å²) < 4.78 is 174. The highest BCUT2D eigenvalue weighted by molar-refractivity contribution is 6.91. The molecule has 8 heteroatoms. The molecule has 12 rings (SSSR count). The minimum Gasteiger partial charge on any atom is -0.256 e. The van der Waals surface area contributed by atoms with E-state index in [-0.39, 0.29) is 33.4 Å². The largest absolute Gasteiger partial charge is 0.256 e. The van der Waals surface area contributed by atoms with Crippen molar-refractivity contribution in [3.8, 4) is 89.5 Å². The third-order valence-corrected chi connectivity index (χ3v) is 30.1. The first kappa shape index (κ1) is 72.4. The maximum absolute atomic E-state index is 9.24. The number of benzene rings is 8. The van der Waals surface area contributed by atoms with Crippen LogP contribution in [0, 0.1) is 104 Å². The van der Waals surface area contributed by atoms with Gasteiger partial charge < -0.3 is 0 Å². The van der Waals surface area contributed by atoms with Gasteiger partial charge in [-0.25, -0.2) is 13.7 Å². The summed E-state index contributed by atoms with van der Waals surface area (Å²) in [5.41, 5.74) is 23.2. The normalized spacial score (nSPS) is 15.6. The fourth-order valence-electron chi connectivity index (χ4n) is 15.7. The molecule has 4 nitrogen and oxygen atoms in total. The number of aryl methyl sites for hydroxylation is 15. The lowest BCUT2D eigenvalue weighted by molar-refractivity contribution is -0.661. The van der Waals surface area contributed by atoms with Crippen LogP contribution >= 0.6 is 0 Å². The van der Waals surface area contributed by atoms with Crippen LogP contribution in [0.4, 0.5) is 0 Å². The molecule has 0 atom stereocenters. The van der Waals surface area contributed by atoms with Crippen molar-refractivity contribution in [1.82, 2.24) is 4.98 Å². The van der Waals surface area contributed by atoms with Gasteiger partial charge in [-0.2, -0.15) is 0 Å². The molecule has 0 unspecified atom stereocenters. The summed E-state index contributed by atoms with van der Waals surface area (Å²) in [4.78, 5) is 4.63. The van der Waals surface area contributed by atoms with Gasteiger partial charge in [-0.3, -0.25) is 4.98 Å². The van der Waals surface area contributed by atoms with Crippen molar-refractivity contribution in [3.63, 3.8) is 0 Å². The Morgan fingerprint density at radius 3 is 0.854 bits per heavy atom. The third kappa shape index (κ3) is 26.0. The maximum atomic E-state index is 9.24. The standard InChI is InChI=1S/C33H48NSi.C29H40NSi.C28H37NSi.C25H32NSi/c1-23-13-15-25(16-14-23)29-19-28(24(2)17-31(29)35(10,11)12)30-18-26(20-32(3,4)5)27(22-34(30)9)21-33(6,7)8;1-20-11-13-23(14-12-20)26-17-25(21(2)15-28(26)31(8,9)10)27-16-24(18-29(4,5)6)22(3)19-30(27)7;1-19-10-12-22(13-11-19)25-16-24(21(3)15-27(25)30(7,8)9)26-14-20(2)23(18-29-26)17-28(4,5)6;1-17-9-11-21(12-10-17)23-15-22(19(3)14-25(23)27(6,7)8)24-13-18(2)20(4)16-26(24)5/h13-19,22H,20-21H2,1-12H3;11-17,19H,18H2,1-10H3;10-16,18H,17H2,1-9H3;9-16H,1-8H3/q2*+1;;+1/i20D2,21D2;3D3,18D2;2D3,17D2;2D3,4D3. The molecule has 0 spiro atoms. The van der Waals surface area contributed by atoms with Crippen molar-refractivity contribution in [1.29, 1.82) is 0 Å². The van der Waals surface area contributed by atoms with Crippen LogP contribution in [0.15, 0.2) is 195 Å². The fourth-order valence-corrected chi connectivity index (χ4v) is 22.4. The Hall–Kier alpha value is -8.77. The molecule has 4 heterocycles. The zero-order chi connectivity index (χ0) is 109. The van der Waals surface area contributed by atoms with Gasteiger partial charge in [0.25, 0.3) is 0 Å². The molecule has 0 saturated carbocycles. The number of rotatable bonds is 16. The van der Waals surface area contributed by atoms with Crippen LogP contribution in [0.3, 0.4) is 0 Å². The number of pyridine rings is 4. The van der Waals surface area contributed by atoms with Gasteiger partial charge in [0.1, 0.15) is 21.1 Å². The predicted molar refractivity (Wildman–Crippen MR) is 552 cm³/mol. The van der Waals surface area contributed by atoms with Gasteiger partial charge in [-0.05, 0) is 255 Å². The van der Waals surface area contributed by atoms with Crippen LogP contribution in [0.1, 0.15) is 200 Å². The molecule has 123 heavy (non-hydrogen) atoms. The van der Waals surface area contributed by atoms with Crippen molar-refractivity contribution < 1.29 is 41.1 Å². The topological polar surface area (TPSA) is 24.5 Å².